The molecule has 1 aromatic carbocycles. The van der Waals surface area contributed by atoms with Crippen LogP contribution in [0.15, 0.2) is 42.5 Å². The summed E-state index contributed by atoms with van der Waals surface area (Å²) < 4.78 is 88.0. The molecule has 3 rings (SSSR count). The number of likely N-dealkylation sites (N-methyl/N-ethyl adjacent to an activating group) is 1. The number of carbonyl (C=O) groups excluding carboxylic acids is 1. The van der Waals surface area contributed by atoms with E-state index in [2.05, 4.69) is 4.98 Å². The van der Waals surface area contributed by atoms with Crippen LogP contribution >= 0.6 is 0 Å². The monoisotopic (exact) mass is 318 g/mol. The van der Waals surface area contributed by atoms with Crippen LogP contribution in [0.25, 0.3) is 16.9 Å². The number of fused-ring (bicyclic) bond motifs is 1. The number of nitrogens with zero attached hydrogens (tertiary/aromatic N) is 3. The van der Waals surface area contributed by atoms with E-state index in [0.29, 0.717) is 5.56 Å². The first kappa shape index (κ1) is 6.87. The predicted molar refractivity (Wildman–Crippen MR) is 92.5 cm³/mol. The van der Waals surface area contributed by atoms with Crippen molar-refractivity contribution in [2.24, 2.45) is 0 Å². The number of amides is 1. The fourth-order valence-corrected chi connectivity index (χ4v) is 2.14. The summed E-state index contributed by atoms with van der Waals surface area (Å²) >= 11 is 0. The third-order valence-corrected chi connectivity index (χ3v) is 3.27. The fourth-order valence-electron chi connectivity index (χ4n) is 2.14. The highest BCUT2D eigenvalue weighted by Crippen LogP contribution is 2.26. The third-order valence-electron chi connectivity index (χ3n) is 3.27. The van der Waals surface area contributed by atoms with Crippen LogP contribution in [-0.2, 0) is 11.2 Å². The zero-order chi connectivity index (χ0) is 26.0. The van der Waals surface area contributed by atoms with E-state index in [1.54, 1.807) is 31.2 Å². The van der Waals surface area contributed by atoms with Crippen LogP contribution < -0.4 is 0 Å². The molecule has 0 aliphatic rings. The summed E-state index contributed by atoms with van der Waals surface area (Å²) in [5.41, 5.74) is 0.0717. The van der Waals surface area contributed by atoms with Gasteiger partial charge >= 0.3 is 0 Å². The van der Waals surface area contributed by atoms with Gasteiger partial charge in [0.25, 0.3) is 0 Å². The molecule has 0 radical (unpaired) electrons. The molecule has 0 fully saturated rings. The average Bonchev–Trinajstić information content (AvgIpc) is 3.10. The van der Waals surface area contributed by atoms with Crippen molar-refractivity contribution in [1.82, 2.24) is 14.3 Å². The van der Waals surface area contributed by atoms with E-state index in [4.69, 9.17) is 15.1 Å². The quantitative estimate of drug-likeness (QED) is 0.743. The largest absolute Gasteiger partial charge is 0.348 e. The second-order valence-corrected chi connectivity index (χ2v) is 5.09. The highest BCUT2D eigenvalue weighted by Gasteiger charge is 2.18. The van der Waals surface area contributed by atoms with Crippen LogP contribution in [0, 0.1) is 13.8 Å². The maximum absolute atomic E-state index is 13.2. The Morgan fingerprint density at radius 3 is 2.70 bits per heavy atom. The summed E-state index contributed by atoms with van der Waals surface area (Å²) in [5, 5.41) is 0. The van der Waals surface area contributed by atoms with Gasteiger partial charge in [0.15, 0.2) is 0 Å². The molecule has 0 atom stereocenters. The van der Waals surface area contributed by atoms with Gasteiger partial charge < -0.3 is 9.30 Å². The average molecular weight is 318 g/mol. The van der Waals surface area contributed by atoms with Crippen LogP contribution in [0.4, 0.5) is 0 Å². The molecule has 0 unspecified atom stereocenters. The molecule has 118 valence electrons. The topological polar surface area (TPSA) is 37.6 Å². The molecule has 2 heterocycles. The van der Waals surface area contributed by atoms with Gasteiger partial charge in [0, 0.05) is 36.7 Å². The van der Waals surface area contributed by atoms with Gasteiger partial charge in [-0.25, -0.2) is 4.98 Å². The number of hydrogen-bond donors (Lipinski definition) is 0. The molecule has 1 amide bonds. The molecule has 0 N–H and O–H groups in total. The molecule has 4 nitrogen and oxygen atoms in total. The molecule has 4 heteroatoms. The van der Waals surface area contributed by atoms with E-state index in [9.17, 15) is 4.79 Å². The molecule has 23 heavy (non-hydrogen) atoms. The number of hydrogen-bond acceptors (Lipinski definition) is 2. The van der Waals surface area contributed by atoms with Crippen molar-refractivity contribution in [2.75, 3.05) is 14.0 Å². The van der Waals surface area contributed by atoms with Crippen LogP contribution in [0.5, 0.6) is 0 Å². The first-order chi connectivity index (χ1) is 15.4. The van der Waals surface area contributed by atoms with Crippen molar-refractivity contribution >= 4 is 11.6 Å². The van der Waals surface area contributed by atoms with Gasteiger partial charge in [0.05, 0.1) is 21.9 Å². The second-order valence-electron chi connectivity index (χ2n) is 5.09. The van der Waals surface area contributed by atoms with E-state index < -0.39 is 49.0 Å². The van der Waals surface area contributed by atoms with Crippen molar-refractivity contribution in [3.63, 3.8) is 0 Å². The van der Waals surface area contributed by atoms with Gasteiger partial charge in [-0.3, -0.25) is 4.79 Å². The molecule has 0 saturated carbocycles. The SMILES string of the molecule is [2H]c1c(C)c([2H])n2c(C([2H])([2H])C(=O)N(C([2H])([2H])[2H])C([2H])([2H])[2H])c(-c3ccc(C)cc3)nc2c1[2H]. The lowest BCUT2D eigenvalue weighted by Gasteiger charge is -2.11. The molecule has 0 aliphatic carbocycles. The van der Waals surface area contributed by atoms with Gasteiger partial charge in [-0.2, -0.15) is 0 Å². The zero-order valence-corrected chi connectivity index (χ0v) is 12.6. The summed E-state index contributed by atoms with van der Waals surface area (Å²) in [5.74, 6) is -1.87. The maximum atomic E-state index is 13.2. The van der Waals surface area contributed by atoms with Crippen LogP contribution in [0.3, 0.4) is 0 Å². The lowest BCUT2D eigenvalue weighted by molar-refractivity contribution is -0.128. The van der Waals surface area contributed by atoms with Crippen LogP contribution in [-0.4, -0.2) is 34.1 Å². The van der Waals surface area contributed by atoms with E-state index in [0.717, 1.165) is 9.96 Å². The predicted octanol–water partition coefficient (Wildman–Crippen LogP) is 3.25. The van der Waals surface area contributed by atoms with E-state index in [1.165, 1.54) is 6.92 Å². The number of carbonyl (C=O) groups is 1. The van der Waals surface area contributed by atoms with Crippen molar-refractivity contribution in [3.8, 4) is 11.3 Å². The van der Waals surface area contributed by atoms with Gasteiger partial charge in [0.2, 0.25) is 5.91 Å². The third kappa shape index (κ3) is 2.97. The van der Waals surface area contributed by atoms with E-state index >= 15 is 0 Å². The normalized spacial score (nSPS) is 19.7. The Labute approximate surface area is 151 Å². The van der Waals surface area contributed by atoms with Gasteiger partial charge in [-0.05, 0) is 25.5 Å². The fraction of sp³-hybridized carbons (Fsp3) is 0.263. The summed E-state index contributed by atoms with van der Waals surface area (Å²) in [6.45, 7) is -3.81. The Hall–Kier alpha value is -2.62. The van der Waals surface area contributed by atoms with Crippen molar-refractivity contribution in [2.45, 2.75) is 20.2 Å². The Morgan fingerprint density at radius 1 is 1.26 bits per heavy atom. The Balaban J connectivity index is 2.45. The zero-order valence-electron chi connectivity index (χ0n) is 23.6. The van der Waals surface area contributed by atoms with Crippen molar-refractivity contribution < 1.29 is 19.9 Å². The number of imidazole rings is 1. The smallest absolute Gasteiger partial charge is 0.228 e. The number of benzene rings is 1. The Kier molecular flexibility index (Phi) is 1.76. The molecule has 3 aromatic rings. The maximum Gasteiger partial charge on any atom is 0.228 e. The number of pyridine rings is 1. The van der Waals surface area contributed by atoms with Crippen molar-refractivity contribution in [1.29, 1.82) is 0 Å². The molecule has 0 bridgehead atoms. The molecular formula is C19H21N3O. The highest BCUT2D eigenvalue weighted by atomic mass is 16.2. The van der Waals surface area contributed by atoms with E-state index in [1.807, 2.05) is 0 Å². The molecule has 0 aliphatic heterocycles. The minimum absolute atomic E-state index is 0.00152. The lowest BCUT2D eigenvalue weighted by Crippen LogP contribution is -2.24. The van der Waals surface area contributed by atoms with Gasteiger partial charge in [-0.15, -0.1) is 0 Å². The van der Waals surface area contributed by atoms with Crippen LogP contribution in [0.1, 0.15) is 31.9 Å². The standard InChI is InChI=1S/C19H21N3O/c1-13-5-8-15(9-6-13)19-16(11-18(23)21(3)4)22-12-14(2)7-10-17(22)20-19/h5-10,12H,11H2,1-4H3/i3D3,4D3,7D,10D,11D2,12D. The summed E-state index contributed by atoms with van der Waals surface area (Å²) in [7, 11) is 0. The Bertz CT molecular complexity index is 1260. The number of aryl methyl sites for hydroxylation is 1. The lowest BCUT2D eigenvalue weighted by atomic mass is 10.1. The number of rotatable bonds is 3. The van der Waals surface area contributed by atoms with Crippen LogP contribution in [0.2, 0.25) is 0 Å². The highest BCUT2D eigenvalue weighted by molar-refractivity contribution is 5.81. The molecule has 0 spiro atoms. The first-order valence-corrected chi connectivity index (χ1v) is 6.81. The Morgan fingerprint density at radius 2 is 2.00 bits per heavy atom. The second kappa shape index (κ2) is 5.88. The number of aromatic nitrogens is 2. The summed E-state index contributed by atoms with van der Waals surface area (Å²) in [4.78, 5) is 17.0. The molecule has 2 aromatic heterocycles. The van der Waals surface area contributed by atoms with Gasteiger partial charge in [0.1, 0.15) is 5.65 Å². The van der Waals surface area contributed by atoms with E-state index in [-0.39, 0.29) is 22.9 Å². The summed E-state index contributed by atoms with van der Waals surface area (Å²) in [6, 6.07) is 5.75. The first-order valence-electron chi connectivity index (χ1n) is 12.3. The van der Waals surface area contributed by atoms with Gasteiger partial charge in [-0.1, -0.05) is 35.9 Å². The molecule has 0 saturated heterocycles. The minimum atomic E-state index is -3.49. The minimum Gasteiger partial charge on any atom is -0.348 e. The van der Waals surface area contributed by atoms with Crippen molar-refractivity contribution in [3.05, 3.63) is 59.3 Å². The summed E-state index contributed by atoms with van der Waals surface area (Å²) in [6.07, 6.45) is -3.73. The molecular weight excluding hydrogens is 286 g/mol.